The number of carboxylic acids is 2. The van der Waals surface area contributed by atoms with E-state index in [1.54, 1.807) is 54.7 Å². The summed E-state index contributed by atoms with van der Waals surface area (Å²) in [4.78, 5) is 143. The number of carboxylic acid groups (broad SMARTS) is 2. The number of para-hydroxylation sites is 1. The molecule has 36 heteroatoms. The molecular formula is C61H81ClN15O17S2Tc. The molecule has 20 N–H and O–H groups in total. The van der Waals surface area contributed by atoms with Crippen molar-refractivity contribution < 1.29 is 117 Å². The smallest absolute Gasteiger partial charge is 1.00 e. The molecule has 528 valence electrons. The first-order valence-electron chi connectivity index (χ1n) is 29.9. The molecule has 0 bridgehead atoms. The normalized spacial score (nSPS) is 19.1. The molecule has 0 aliphatic carbocycles. The number of fused-ring (bicyclic) bond motifs is 1. The van der Waals surface area contributed by atoms with Crippen LogP contribution in [0.5, 0.6) is 5.75 Å². The molecule has 0 spiro atoms. The number of aromatic nitrogens is 2. The minimum Gasteiger partial charge on any atom is -1.00 e. The van der Waals surface area contributed by atoms with E-state index in [0.29, 0.717) is 53.5 Å². The number of nitrogens with zero attached hydrogens (tertiary/aromatic N) is 1. The maximum atomic E-state index is 15.0. The summed E-state index contributed by atoms with van der Waals surface area (Å²) >= 11 is 0. The van der Waals surface area contributed by atoms with Crippen molar-refractivity contribution in [1.29, 1.82) is 0 Å². The number of pyridine rings is 1. The van der Waals surface area contributed by atoms with Crippen LogP contribution in [-0.4, -0.2) is 201 Å². The Hall–Kier alpha value is -8.03. The van der Waals surface area contributed by atoms with Gasteiger partial charge < -0.3 is 127 Å². The minimum atomic E-state index is -1.73. The number of nitrogen functional groups attached to an aromatic ring is 1. The SMILES string of the molecule is CC(O)C(CO)NC(=O)C1CSSCC(NC(=O)C(Cc2ccccc2)NC(=O)c2ccc(NN)nc2)C(=O)NC(Cc2ccc([O-])cc2)C(=O)NC(Cc2c[nH]c3ccccc23)C(=O)NC(CCCCN)C(=O)NC(C(C)O)C(=O)N1.O=C([O-])CNCCNCC(=O)[O-].[Cl-].[OH-].[Tc+5]. The van der Waals surface area contributed by atoms with Gasteiger partial charge in [0, 0.05) is 80.2 Å². The van der Waals surface area contributed by atoms with Gasteiger partial charge in [-0.05, 0) is 74.5 Å². The predicted molar refractivity (Wildman–Crippen MR) is 345 cm³/mol. The van der Waals surface area contributed by atoms with Crippen molar-refractivity contribution in [2.24, 2.45) is 11.6 Å². The molecule has 32 nitrogen and oxygen atoms in total. The molecular weight excluding hydrogens is 1410 g/mol. The van der Waals surface area contributed by atoms with Gasteiger partial charge in [0.1, 0.15) is 48.1 Å². The predicted octanol–water partition coefficient (Wildman–Crippen LogP) is -9.09. The van der Waals surface area contributed by atoms with Crippen LogP contribution in [0.2, 0.25) is 0 Å². The number of hydrogen-bond acceptors (Lipinski definition) is 25. The number of nitrogens with one attached hydrogen (secondary N) is 12. The Bertz CT molecular complexity index is 3300. The fourth-order valence-corrected chi connectivity index (χ4v) is 11.6. The third-order valence-corrected chi connectivity index (χ3v) is 16.8. The molecule has 3 aromatic carbocycles. The Morgan fingerprint density at radius 2 is 1.31 bits per heavy atom. The summed E-state index contributed by atoms with van der Waals surface area (Å²) in [6.07, 6.45) is 0.291. The number of carbonyl (C=O) groups is 10. The summed E-state index contributed by atoms with van der Waals surface area (Å²) in [5.74, 6) is -4.60. The van der Waals surface area contributed by atoms with Gasteiger partial charge >= 0.3 is 20.1 Å². The summed E-state index contributed by atoms with van der Waals surface area (Å²) in [6.45, 7) is 2.38. The average molecular weight is 1490 g/mol. The van der Waals surface area contributed by atoms with Crippen molar-refractivity contribution in [3.63, 3.8) is 0 Å². The molecule has 3 heterocycles. The topological polar surface area (TPSA) is 544 Å². The Kier molecular flexibility index (Phi) is 39.2. The number of aliphatic hydroxyl groups is 3. The first-order chi connectivity index (χ1) is 45.0. The maximum absolute atomic E-state index is 15.0. The van der Waals surface area contributed by atoms with Gasteiger partial charge in [-0.3, -0.25) is 38.4 Å². The van der Waals surface area contributed by atoms with Crippen LogP contribution in [0.3, 0.4) is 0 Å². The van der Waals surface area contributed by atoms with Gasteiger partial charge in [-0.25, -0.2) is 10.8 Å². The first kappa shape index (κ1) is 85.1. The zero-order valence-corrected chi connectivity index (χ0v) is 57.0. The van der Waals surface area contributed by atoms with Crippen LogP contribution in [0.4, 0.5) is 5.82 Å². The van der Waals surface area contributed by atoms with Crippen molar-refractivity contribution in [2.75, 3.05) is 56.3 Å². The van der Waals surface area contributed by atoms with Gasteiger partial charge in [0.15, 0.2) is 0 Å². The molecule has 0 radical (unpaired) electrons. The second-order valence-electron chi connectivity index (χ2n) is 21.7. The van der Waals surface area contributed by atoms with Crippen molar-refractivity contribution in [3.8, 4) is 5.75 Å². The second kappa shape index (κ2) is 44.7. The number of halogens is 1. The van der Waals surface area contributed by atoms with Gasteiger partial charge in [0.05, 0.1) is 42.4 Å². The van der Waals surface area contributed by atoms with Gasteiger partial charge in [-0.2, -0.15) is 0 Å². The molecule has 1 saturated heterocycles. The van der Waals surface area contributed by atoms with E-state index >= 15 is 0 Å². The number of unbranched alkanes of at least 4 members (excludes halogenated alkanes) is 1. The van der Waals surface area contributed by atoms with E-state index in [4.69, 9.17) is 11.6 Å². The van der Waals surface area contributed by atoms with Crippen LogP contribution in [0.1, 0.15) is 60.2 Å². The summed E-state index contributed by atoms with van der Waals surface area (Å²) in [7, 11) is 1.89. The van der Waals surface area contributed by atoms with Crippen LogP contribution in [0.15, 0.2) is 103 Å². The van der Waals surface area contributed by atoms with E-state index in [1.165, 1.54) is 56.4 Å². The number of aliphatic hydroxyl groups excluding tert-OH is 3. The molecule has 10 unspecified atom stereocenters. The summed E-state index contributed by atoms with van der Waals surface area (Å²) in [5.41, 5.74) is 10.6. The van der Waals surface area contributed by atoms with E-state index in [1.807, 2.05) is 6.07 Å². The molecule has 6 rings (SSSR count). The van der Waals surface area contributed by atoms with Crippen molar-refractivity contribution in [1.82, 2.24) is 63.1 Å². The zero-order chi connectivity index (χ0) is 68.7. The summed E-state index contributed by atoms with van der Waals surface area (Å²) < 4.78 is 0. The number of H-pyrrole nitrogens is 1. The third-order valence-electron chi connectivity index (χ3n) is 14.4. The van der Waals surface area contributed by atoms with Gasteiger partial charge in [0.2, 0.25) is 41.4 Å². The van der Waals surface area contributed by atoms with Crippen LogP contribution >= 0.6 is 21.6 Å². The number of rotatable bonds is 27. The number of anilines is 1. The molecule has 1 fully saturated rings. The van der Waals surface area contributed by atoms with Gasteiger partial charge in [0.25, 0.3) is 5.91 Å². The van der Waals surface area contributed by atoms with Crippen molar-refractivity contribution in [3.05, 3.63) is 126 Å². The fraction of sp³-hybridized carbons (Fsp3) is 0.426. The second-order valence-corrected chi connectivity index (χ2v) is 24.3. The number of aliphatic carboxylic acids is 2. The number of amides is 8. The minimum absolute atomic E-state index is 0. The van der Waals surface area contributed by atoms with E-state index in [9.17, 15) is 78.6 Å². The van der Waals surface area contributed by atoms with E-state index in [-0.39, 0.29) is 112 Å². The van der Waals surface area contributed by atoms with Crippen LogP contribution in [0, 0.1) is 0 Å². The first-order valence-corrected chi connectivity index (χ1v) is 32.4. The molecule has 10 atom stereocenters. The molecule has 8 amide bonds. The molecule has 2 aromatic heterocycles. The number of carbonyl (C=O) groups excluding carboxylic acids is 10. The van der Waals surface area contributed by atoms with Gasteiger partial charge in [-0.15, -0.1) is 5.75 Å². The van der Waals surface area contributed by atoms with Crippen molar-refractivity contribution >= 4 is 97.5 Å². The van der Waals surface area contributed by atoms with Crippen LogP contribution < -0.4 is 97.9 Å². The fourth-order valence-electron chi connectivity index (χ4n) is 9.24. The Balaban J connectivity index is 0.00000194. The van der Waals surface area contributed by atoms with Crippen LogP contribution in [-0.2, 0) is 82.5 Å². The molecule has 0 saturated carbocycles. The monoisotopic (exact) mass is 1490 g/mol. The summed E-state index contributed by atoms with van der Waals surface area (Å²) in [5, 5.41) is 90.3. The molecule has 1 aliphatic rings. The van der Waals surface area contributed by atoms with Gasteiger partial charge in [-0.1, -0.05) is 94.4 Å². The number of hydrazine groups is 1. The summed E-state index contributed by atoms with van der Waals surface area (Å²) in [6, 6.07) is 12.6. The van der Waals surface area contributed by atoms with E-state index in [0.717, 1.165) is 21.6 Å². The third kappa shape index (κ3) is 29.3. The zero-order valence-electron chi connectivity index (χ0n) is 52.8. The quantitative estimate of drug-likeness (QED) is 0.0100. The van der Waals surface area contributed by atoms with E-state index in [2.05, 4.69) is 68.6 Å². The number of hydrogen-bond donors (Lipinski definition) is 17. The van der Waals surface area contributed by atoms with Crippen LogP contribution in [0.25, 0.3) is 10.9 Å². The Labute approximate surface area is 586 Å². The number of nitrogens with two attached hydrogens (primary N) is 2. The molecule has 1 aliphatic heterocycles. The standard InChI is InChI=1S/C55H71N13O12S2.C6H12N2O4.ClH.H2O.Tc/c1-30(70)43(27-69)64-54(79)45-29-82-81-28-44(65-51(76)40(22-32-10-4-3-5-11-32)61-48(73)34-17-20-46(68-57)59-25-34)53(78)62-41(23-33-15-18-36(72)19-16-33)50(75)63-42(24-35-26-58-38-13-7-6-12-37(35)38)52(77)60-39(14-8-9-21-56)49(74)67-47(31(2)71)55(80)66-45;9-5(10)3-7-1-2-8-4-6(11)12;;;/h3-7,10-13,15-20,25-26,30-31,39-45,47,58,69-72H,8-9,14,21-24,27-29,56-57H2,1-2H3,(H,59,68)(H,60,77)(H,61,73)(H,62,78)(H,63,75)(H,64,79)(H,65,76)(H,66,80)(H,67,74);7-8H,1-4H2,(H,9,10)(H,11,12);1H;1H2;/q;;;;+5/p-5. The Morgan fingerprint density at radius 1 is 0.711 bits per heavy atom. The number of aromatic amines is 1. The number of benzene rings is 3. The Morgan fingerprint density at radius 3 is 1.90 bits per heavy atom. The molecule has 97 heavy (non-hydrogen) atoms. The largest absolute Gasteiger partial charge is 5.00 e. The maximum Gasteiger partial charge on any atom is 5.00 e. The average Bonchev–Trinajstić information content (AvgIpc) is 1.76. The van der Waals surface area contributed by atoms with E-state index < -0.39 is 126 Å². The van der Waals surface area contributed by atoms with Crippen molar-refractivity contribution in [2.45, 2.75) is 113 Å². The molecule has 5 aromatic rings.